The average Bonchev–Trinajstić information content (AvgIpc) is 3.77. The molecule has 14 nitrogen and oxygen atoms in total. The van der Waals surface area contributed by atoms with Crippen LogP contribution in [-0.2, 0) is 6.42 Å². The van der Waals surface area contributed by atoms with Crippen LogP contribution in [0.25, 0.3) is 52.4 Å². The van der Waals surface area contributed by atoms with Crippen LogP contribution in [0.4, 0.5) is 0 Å². The molecular weight excluding hydrogens is 498 g/mol. The lowest BCUT2D eigenvalue weighted by molar-refractivity contribution is 0.0951. The predicted molar refractivity (Wildman–Crippen MR) is 126 cm³/mol. The molecule has 1 N–H and O–H groups in total. The molecule has 38 heavy (non-hydrogen) atoms. The van der Waals surface area contributed by atoms with E-state index in [4.69, 9.17) is 26.5 Å². The van der Waals surface area contributed by atoms with Crippen molar-refractivity contribution >= 4 is 12.0 Å². The summed E-state index contributed by atoms with van der Waals surface area (Å²) in [5.41, 5.74) is 1.73. The summed E-state index contributed by atoms with van der Waals surface area (Å²) >= 11 is 0. The second-order valence-electron chi connectivity index (χ2n) is 7.61. The molecule has 6 rings (SSSR count). The Kier molecular flexibility index (Phi) is 5.94. The number of rotatable bonds is 9. The number of nitrogens with zero attached hydrogens (tertiary/aromatic N) is 6. The molecule has 0 fully saturated rings. The van der Waals surface area contributed by atoms with E-state index < -0.39 is 0 Å². The second kappa shape index (κ2) is 9.85. The van der Waals surface area contributed by atoms with E-state index in [2.05, 4.69) is 35.2 Å². The van der Waals surface area contributed by atoms with Gasteiger partial charge in [-0.1, -0.05) is 6.08 Å². The summed E-state index contributed by atoms with van der Waals surface area (Å²) in [5, 5.41) is 2.65. The third-order valence-electron chi connectivity index (χ3n) is 5.02. The fourth-order valence-electron chi connectivity index (χ4n) is 3.30. The number of hydrogen-bond acceptors (Lipinski definition) is 13. The molecule has 0 radical (unpaired) electrons. The van der Waals surface area contributed by atoms with Crippen molar-refractivity contribution < 1.29 is 31.3 Å². The van der Waals surface area contributed by atoms with Crippen LogP contribution < -0.4 is 5.32 Å². The largest absolute Gasteiger partial charge is 0.448 e. The van der Waals surface area contributed by atoms with E-state index in [1.165, 1.54) is 43.8 Å². The van der Waals surface area contributed by atoms with Gasteiger partial charge in [-0.3, -0.25) is 4.79 Å². The van der Waals surface area contributed by atoms with Crippen molar-refractivity contribution in [3.8, 4) is 46.3 Å². The summed E-state index contributed by atoms with van der Waals surface area (Å²) in [7, 11) is 0. The van der Waals surface area contributed by atoms with Gasteiger partial charge in [-0.25, -0.2) is 29.9 Å². The Morgan fingerprint density at radius 2 is 1.42 bits per heavy atom. The topological polar surface area (TPSA) is 185 Å². The third-order valence-corrected chi connectivity index (χ3v) is 5.02. The summed E-state index contributed by atoms with van der Waals surface area (Å²) in [5.74, 6) is 1.41. The van der Waals surface area contributed by atoms with Crippen LogP contribution in [-0.4, -0.2) is 42.4 Å². The molecule has 0 saturated heterocycles. The van der Waals surface area contributed by atoms with Crippen LogP contribution >= 0.6 is 0 Å². The summed E-state index contributed by atoms with van der Waals surface area (Å²) < 4.78 is 32.4. The molecule has 190 valence electrons. The van der Waals surface area contributed by atoms with Crippen LogP contribution in [0.15, 0.2) is 76.4 Å². The van der Waals surface area contributed by atoms with Gasteiger partial charge in [0.25, 0.3) is 5.91 Å². The van der Waals surface area contributed by atoms with E-state index in [0.29, 0.717) is 53.4 Å². The number of carbonyl (C=O) groups excluding carboxylic acids is 1. The Morgan fingerprint density at radius 3 is 2.18 bits per heavy atom. The fraction of sp³-hybridized carbons (Fsp3) is 0.125. The molecule has 1 amide bonds. The fourth-order valence-corrected chi connectivity index (χ4v) is 3.30. The van der Waals surface area contributed by atoms with E-state index in [1.54, 1.807) is 12.2 Å². The molecule has 14 heteroatoms. The molecule has 0 aliphatic rings. The van der Waals surface area contributed by atoms with E-state index in [1.807, 2.05) is 6.92 Å². The number of allylic oxidation sites excluding steroid dienone is 1. The standard InChI is InChI=1S/C24H17N7O7/c1-2-25-20(32)13-8-36-24(29-13)17-12-38-23(31-17)16-10-35-19(28-16)5-3-4-18-27-15(9-34-18)22-30-14(11-37-22)21-26-6-7-33-21/h3-4,6-12H,2,5H2,1H3,(H,25,32)/b4-3+. The number of hydrogen-bond donors (Lipinski definition) is 1. The molecule has 0 aliphatic carbocycles. The van der Waals surface area contributed by atoms with Gasteiger partial charge in [0.1, 0.15) is 37.6 Å². The lowest BCUT2D eigenvalue weighted by atomic mass is 10.3. The molecule has 0 saturated carbocycles. The zero-order valence-electron chi connectivity index (χ0n) is 19.7. The molecular formula is C24H17N7O7. The highest BCUT2D eigenvalue weighted by Crippen LogP contribution is 2.25. The van der Waals surface area contributed by atoms with Crippen LogP contribution in [0.2, 0.25) is 0 Å². The molecule has 6 aromatic rings. The Bertz CT molecular complexity index is 1700. The molecule has 0 aliphatic heterocycles. The first-order valence-electron chi connectivity index (χ1n) is 11.3. The van der Waals surface area contributed by atoms with Gasteiger partial charge in [0, 0.05) is 13.0 Å². The van der Waals surface area contributed by atoms with Crippen molar-refractivity contribution in [1.29, 1.82) is 0 Å². The van der Waals surface area contributed by atoms with Gasteiger partial charge in [-0.2, -0.15) is 0 Å². The van der Waals surface area contributed by atoms with Gasteiger partial charge < -0.3 is 31.8 Å². The SMILES string of the molecule is CCNC(=O)c1coc(-c2coc(-c3coc(C/C=C/c4nc(-c5nc(-c6ncco6)co5)co4)n3)n2)n1. The maximum atomic E-state index is 11.9. The minimum absolute atomic E-state index is 0.149. The Hall–Kier alpha value is -5.53. The summed E-state index contributed by atoms with van der Waals surface area (Å²) in [6, 6.07) is 0. The minimum Gasteiger partial charge on any atom is -0.448 e. The first kappa shape index (κ1) is 22.9. The lowest BCUT2D eigenvalue weighted by Gasteiger charge is -1.94. The van der Waals surface area contributed by atoms with E-state index >= 15 is 0 Å². The van der Waals surface area contributed by atoms with Crippen LogP contribution in [0.1, 0.15) is 29.2 Å². The summed E-state index contributed by atoms with van der Waals surface area (Å²) in [6.07, 6.45) is 13.7. The van der Waals surface area contributed by atoms with Crippen molar-refractivity contribution in [2.75, 3.05) is 6.54 Å². The highest BCUT2D eigenvalue weighted by atomic mass is 16.4. The average molecular weight is 515 g/mol. The third kappa shape index (κ3) is 4.65. The smallest absolute Gasteiger partial charge is 0.273 e. The van der Waals surface area contributed by atoms with Crippen molar-refractivity contribution in [2.24, 2.45) is 0 Å². The zero-order valence-corrected chi connectivity index (χ0v) is 19.7. The van der Waals surface area contributed by atoms with Crippen LogP contribution in [0.3, 0.4) is 0 Å². The molecule has 0 bridgehead atoms. The summed E-state index contributed by atoms with van der Waals surface area (Å²) in [6.45, 7) is 2.29. The summed E-state index contributed by atoms with van der Waals surface area (Å²) in [4.78, 5) is 37.4. The molecule has 0 aromatic carbocycles. The highest BCUT2D eigenvalue weighted by molar-refractivity contribution is 5.92. The van der Waals surface area contributed by atoms with Crippen molar-refractivity contribution in [3.05, 3.63) is 67.3 Å². The van der Waals surface area contributed by atoms with E-state index in [9.17, 15) is 4.79 Å². The van der Waals surface area contributed by atoms with Crippen molar-refractivity contribution in [3.63, 3.8) is 0 Å². The Morgan fingerprint density at radius 1 is 0.763 bits per heavy atom. The number of aromatic nitrogens is 6. The second-order valence-corrected chi connectivity index (χ2v) is 7.61. The van der Waals surface area contributed by atoms with Gasteiger partial charge in [-0.05, 0) is 13.0 Å². The predicted octanol–water partition coefficient (Wildman–Crippen LogP) is 4.29. The number of oxazole rings is 6. The molecule has 0 unspecified atom stereocenters. The molecule has 6 heterocycles. The van der Waals surface area contributed by atoms with Gasteiger partial charge >= 0.3 is 0 Å². The first-order valence-corrected chi connectivity index (χ1v) is 11.3. The van der Waals surface area contributed by atoms with E-state index in [0.717, 1.165) is 0 Å². The molecule has 0 atom stereocenters. The van der Waals surface area contributed by atoms with E-state index in [-0.39, 0.29) is 29.3 Å². The Labute approximate surface area is 212 Å². The van der Waals surface area contributed by atoms with Gasteiger partial charge in [0.2, 0.25) is 29.5 Å². The van der Waals surface area contributed by atoms with Crippen molar-refractivity contribution in [2.45, 2.75) is 13.3 Å². The maximum absolute atomic E-state index is 11.9. The maximum Gasteiger partial charge on any atom is 0.273 e. The van der Waals surface area contributed by atoms with Gasteiger partial charge in [0.05, 0.1) is 6.20 Å². The normalized spacial score (nSPS) is 11.5. The number of amides is 1. The monoisotopic (exact) mass is 515 g/mol. The quantitative estimate of drug-likeness (QED) is 0.288. The van der Waals surface area contributed by atoms with Gasteiger partial charge in [0.15, 0.2) is 34.4 Å². The lowest BCUT2D eigenvalue weighted by Crippen LogP contribution is -2.22. The minimum atomic E-state index is -0.337. The van der Waals surface area contributed by atoms with Gasteiger partial charge in [-0.15, -0.1) is 0 Å². The number of carbonyl (C=O) groups is 1. The van der Waals surface area contributed by atoms with Crippen molar-refractivity contribution in [1.82, 2.24) is 35.2 Å². The molecule has 0 spiro atoms. The molecule has 6 aromatic heterocycles. The van der Waals surface area contributed by atoms with Crippen LogP contribution in [0, 0.1) is 0 Å². The number of nitrogens with one attached hydrogen (secondary N) is 1. The highest BCUT2D eigenvalue weighted by Gasteiger charge is 2.18. The first-order chi connectivity index (χ1) is 18.7. The van der Waals surface area contributed by atoms with Crippen LogP contribution in [0.5, 0.6) is 0 Å². The zero-order chi connectivity index (χ0) is 25.9. The Balaban J connectivity index is 1.08.